The van der Waals surface area contributed by atoms with Crippen molar-refractivity contribution in [3.63, 3.8) is 0 Å². The zero-order chi connectivity index (χ0) is 73.6. The van der Waals surface area contributed by atoms with Gasteiger partial charge in [0.2, 0.25) is 65.0 Å². The Balaban J connectivity index is 0.726. The molecule has 105 heavy (non-hydrogen) atoms. The van der Waals surface area contributed by atoms with Gasteiger partial charge in [-0.2, -0.15) is 0 Å². The summed E-state index contributed by atoms with van der Waals surface area (Å²) >= 11 is 0. The number of hydrogen-bond donors (Lipinski definition) is 2. The fourth-order valence-corrected chi connectivity index (χ4v) is 17.5. The molecule has 0 aliphatic carbocycles. The molecule has 10 aliphatic heterocycles. The molecule has 12 atom stereocenters. The predicted molar refractivity (Wildman–Crippen MR) is 369 cm³/mol. The minimum absolute atomic E-state index is 0.0158. The number of ether oxygens (including phenoxy) is 2. The molecular weight excluding hydrogens is 1360 g/mol. The number of nitrogens with one attached hydrogen (secondary N) is 2. The number of carbonyl (C=O) groups is 12. The Morgan fingerprint density at radius 1 is 0.390 bits per heavy atom. The summed E-state index contributed by atoms with van der Waals surface area (Å²) in [5, 5.41) is 31.2. The van der Waals surface area contributed by atoms with E-state index in [1.807, 2.05) is 0 Å². The Morgan fingerprint density at radius 2 is 0.733 bits per heavy atom. The summed E-state index contributed by atoms with van der Waals surface area (Å²) < 4.78 is 16.0. The number of carbonyl (C=O) groups excluding carboxylic acids is 12. The van der Waals surface area contributed by atoms with Crippen molar-refractivity contribution < 1.29 is 67.0 Å². The Morgan fingerprint density at radius 3 is 1.14 bits per heavy atom. The standard InChI is InChI=1S/C71H96N20O14/c1-4-7-14-45-31-57-69(101)86-26-12-19-55(86)67(99)84-24-9-16-52(84)64(96)72-34-47-39-82(79-75-47)44-63(95)91-41-50(105-30-6-3)33-59(91)71(103)88-28-13-20-56(88)68(100)85-25-10-17-53(85)65(97)73-35-48-38-81(78-76-48)43-62(94)90-40-49(104-29-5-2)32-58(90)70(102)87-27-11-18-54(87)66(98)83-23-8-15-51(83)60(92)22-21-46-37-80(77-74-46)42-61(93)89(57)36-45/h4-6,37-39,45,49-59H,1-3,7-36,40-44H2,(H,72,96)(H,73,97)/t45-,49-,50-,51+,52+,53+,54+,55+,56+,57+,58+,59+/m1/s1. The molecule has 0 radical (unpaired) electrons. The van der Waals surface area contributed by atoms with Crippen LogP contribution in [0.1, 0.15) is 133 Å². The molecule has 34 nitrogen and oxygen atoms in total. The van der Waals surface area contributed by atoms with Crippen LogP contribution in [0.15, 0.2) is 56.6 Å². The van der Waals surface area contributed by atoms with E-state index in [9.17, 15) is 57.5 Å². The summed E-state index contributed by atoms with van der Waals surface area (Å²) in [4.78, 5) is 188. The molecule has 3 aromatic heterocycles. The highest BCUT2D eigenvalue weighted by Crippen LogP contribution is 2.36. The van der Waals surface area contributed by atoms with Crippen molar-refractivity contribution in [1.29, 1.82) is 0 Å². The summed E-state index contributed by atoms with van der Waals surface area (Å²) in [6.07, 6.45) is 16.2. The Kier molecular flexibility index (Phi) is 23.0. The number of allylic oxidation sites excluding steroid dienone is 1. The van der Waals surface area contributed by atoms with E-state index in [-0.39, 0.29) is 152 Å². The fraction of sp³-hybridized carbons (Fsp3) is 0.662. The van der Waals surface area contributed by atoms with Gasteiger partial charge in [0.05, 0.1) is 62.6 Å². The maximum atomic E-state index is 14.9. The van der Waals surface area contributed by atoms with Crippen LogP contribution < -0.4 is 10.6 Å². The Labute approximate surface area is 608 Å². The number of hydrogen-bond acceptors (Lipinski definition) is 20. The van der Waals surface area contributed by atoms with Crippen molar-refractivity contribution in [3.05, 3.63) is 73.6 Å². The van der Waals surface area contributed by atoms with E-state index in [1.165, 1.54) is 55.8 Å². The van der Waals surface area contributed by atoms with Gasteiger partial charge in [0.1, 0.15) is 79.4 Å². The van der Waals surface area contributed by atoms with Gasteiger partial charge in [-0.3, -0.25) is 57.5 Å². The minimum Gasteiger partial charge on any atom is -0.372 e. The quantitative estimate of drug-likeness (QED) is 0.245. The predicted octanol–water partition coefficient (Wildman–Crippen LogP) is -0.917. The lowest BCUT2D eigenvalue weighted by Crippen LogP contribution is -2.56. The first-order chi connectivity index (χ1) is 50.9. The van der Waals surface area contributed by atoms with Gasteiger partial charge < -0.3 is 64.2 Å². The van der Waals surface area contributed by atoms with E-state index >= 15 is 0 Å². The molecular formula is C71H96N20O14. The van der Waals surface area contributed by atoms with Crippen LogP contribution in [0.2, 0.25) is 0 Å². The summed E-state index contributed by atoms with van der Waals surface area (Å²) in [6.45, 7) is 12.8. The molecule has 11 amide bonds. The number of aromatic nitrogens is 9. The lowest BCUT2D eigenvalue weighted by Gasteiger charge is -2.34. The van der Waals surface area contributed by atoms with Gasteiger partial charge in [-0.15, -0.1) is 35.0 Å². The van der Waals surface area contributed by atoms with E-state index in [0.29, 0.717) is 133 Å². The SMILES string of the molecule is C=CCC[C@@H]1C[C@H]2C(=O)N3CCC[C@H]3C(=O)N3CCC[C@H]3C(=O)NCc3cn(nn3)CC(=O)N3C[C@H](OCC=C)C[C@H]3C(=O)N3CCC[C@H]3C(=O)N3CCC[C@H]3C(=O)NCc3cn(nn3)CC(=O)N3C[C@H](OCC=C)C[C@H]3C(=O)N3CCC[C@H]3C(=O)N3CCC[C@H]3C(=O)CCc3cn(nn3)CC(=O)N2C1. The first-order valence-corrected chi connectivity index (χ1v) is 37.4. The summed E-state index contributed by atoms with van der Waals surface area (Å²) in [6, 6.07) is -7.98. The minimum atomic E-state index is -1.00. The molecule has 0 aromatic carbocycles. The van der Waals surface area contributed by atoms with Crippen LogP contribution in [0.3, 0.4) is 0 Å². The highest BCUT2D eigenvalue weighted by atomic mass is 16.5. The van der Waals surface area contributed by atoms with E-state index in [4.69, 9.17) is 9.47 Å². The lowest BCUT2D eigenvalue weighted by molar-refractivity contribution is -0.150. The maximum Gasteiger partial charge on any atom is 0.246 e. The molecule has 10 aliphatic rings. The van der Waals surface area contributed by atoms with Gasteiger partial charge in [-0.25, -0.2) is 14.0 Å². The van der Waals surface area contributed by atoms with Crippen LogP contribution in [0.25, 0.3) is 0 Å². The van der Waals surface area contributed by atoms with E-state index in [1.54, 1.807) is 39.1 Å². The number of rotatable bonds is 9. The molecule has 0 spiro atoms. The van der Waals surface area contributed by atoms with Crippen LogP contribution in [-0.4, -0.2) is 299 Å². The second-order valence-electron chi connectivity index (χ2n) is 29.4. The average molecular weight is 1450 g/mol. The molecule has 34 heteroatoms. The molecule has 0 saturated carbocycles. The van der Waals surface area contributed by atoms with Gasteiger partial charge in [0, 0.05) is 90.8 Å². The second-order valence-corrected chi connectivity index (χ2v) is 29.4. The van der Waals surface area contributed by atoms with Crippen LogP contribution in [0, 0.1) is 5.92 Å². The van der Waals surface area contributed by atoms with Gasteiger partial charge >= 0.3 is 0 Å². The number of aryl methyl sites for hydroxylation is 1. The van der Waals surface area contributed by atoms with Gasteiger partial charge in [-0.05, 0) is 102 Å². The van der Waals surface area contributed by atoms with Crippen molar-refractivity contribution in [2.45, 2.75) is 221 Å². The molecule has 13 heterocycles. The topological polar surface area (TPSA) is 369 Å². The molecule has 3 aromatic rings. The summed E-state index contributed by atoms with van der Waals surface area (Å²) in [5.74, 6) is -4.68. The molecule has 9 fully saturated rings. The zero-order valence-electron chi connectivity index (χ0n) is 59.5. The third-order valence-corrected chi connectivity index (χ3v) is 22.6. The number of ketones is 1. The van der Waals surface area contributed by atoms with Crippen LogP contribution in [0.4, 0.5) is 0 Å². The number of nitrogens with zero attached hydrogens (tertiary/aromatic N) is 18. The van der Waals surface area contributed by atoms with Gasteiger partial charge in [-0.1, -0.05) is 33.9 Å². The van der Waals surface area contributed by atoms with Gasteiger partial charge in [0.15, 0.2) is 5.78 Å². The van der Waals surface area contributed by atoms with Crippen molar-refractivity contribution in [2.24, 2.45) is 5.92 Å². The summed E-state index contributed by atoms with van der Waals surface area (Å²) in [7, 11) is 0. The van der Waals surface area contributed by atoms with Crippen molar-refractivity contribution in [1.82, 2.24) is 99.7 Å². The lowest BCUT2D eigenvalue weighted by atomic mass is 9.99. The van der Waals surface area contributed by atoms with E-state index in [0.717, 1.165) is 0 Å². The maximum absolute atomic E-state index is 14.9. The normalized spacial score (nSPS) is 29.8. The van der Waals surface area contributed by atoms with Crippen molar-refractivity contribution >= 4 is 70.8 Å². The molecule has 13 rings (SSSR count). The van der Waals surface area contributed by atoms with Crippen molar-refractivity contribution in [2.75, 3.05) is 72.1 Å². The van der Waals surface area contributed by atoms with Crippen molar-refractivity contribution in [3.8, 4) is 0 Å². The zero-order valence-corrected chi connectivity index (χ0v) is 59.5. The fourth-order valence-electron chi connectivity index (χ4n) is 17.5. The summed E-state index contributed by atoms with van der Waals surface area (Å²) in [5.41, 5.74) is 1.08. The monoisotopic (exact) mass is 1450 g/mol. The molecule has 2 N–H and O–H groups in total. The van der Waals surface area contributed by atoms with Crippen LogP contribution >= 0.6 is 0 Å². The largest absolute Gasteiger partial charge is 0.372 e. The van der Waals surface area contributed by atoms with Crippen LogP contribution in [-0.2, 0) is 106 Å². The average Bonchev–Trinajstić information content (AvgIpc) is 1.66. The highest BCUT2D eigenvalue weighted by molar-refractivity contribution is 5.98. The second kappa shape index (κ2) is 32.8. The van der Waals surface area contributed by atoms with E-state index < -0.39 is 102 Å². The molecule has 9 saturated heterocycles. The highest BCUT2D eigenvalue weighted by Gasteiger charge is 2.52. The molecule has 564 valence electrons. The number of fused-ring (bicyclic) bond motifs is 15. The first-order valence-electron chi connectivity index (χ1n) is 37.4. The number of Topliss-reactive ketones (excluding diaryl/α,β-unsaturated/α-hetero) is 1. The first kappa shape index (κ1) is 73.7. The smallest absolute Gasteiger partial charge is 0.246 e. The van der Waals surface area contributed by atoms with Gasteiger partial charge in [0.25, 0.3) is 0 Å². The molecule has 6 bridgehead atoms. The van der Waals surface area contributed by atoms with E-state index in [2.05, 4.69) is 61.3 Å². The van der Waals surface area contributed by atoms with Crippen LogP contribution in [0.5, 0.6) is 0 Å². The third-order valence-electron chi connectivity index (χ3n) is 22.6. The Hall–Kier alpha value is -9.60. The molecule has 0 unspecified atom stereocenters. The number of amides is 11. The Bertz CT molecular complexity index is 3450. The third kappa shape index (κ3) is 16.0.